The summed E-state index contributed by atoms with van der Waals surface area (Å²) in [5.74, 6) is -0.888. The molecule has 0 bridgehead atoms. The van der Waals surface area contributed by atoms with Crippen molar-refractivity contribution in [3.05, 3.63) is 92.5 Å². The molecular formula is C26H20ClN3O7. The number of rotatable bonds is 7. The highest BCUT2D eigenvalue weighted by Crippen LogP contribution is 2.46. The molecule has 1 saturated heterocycles. The van der Waals surface area contributed by atoms with Gasteiger partial charge in [-0.1, -0.05) is 23.7 Å². The standard InChI is InChI=1S/C26H20ClN3O7/c1-3-37-17-8-4-14(5-9-17)22-23(26(33)28(22)15-7-11-21(36-2)20(27)13-15)29-24(31)18-10-6-16(30(34)35)12-19(18)25(29)32/h4-13,22-23H,3H2,1-2H3. The summed E-state index contributed by atoms with van der Waals surface area (Å²) in [4.78, 5) is 53.1. The van der Waals surface area contributed by atoms with E-state index >= 15 is 0 Å². The second-order valence-electron chi connectivity index (χ2n) is 8.39. The van der Waals surface area contributed by atoms with E-state index in [0.29, 0.717) is 29.4 Å². The van der Waals surface area contributed by atoms with Crippen LogP contribution in [0.1, 0.15) is 39.2 Å². The number of anilines is 1. The lowest BCUT2D eigenvalue weighted by Crippen LogP contribution is -2.67. The van der Waals surface area contributed by atoms with Gasteiger partial charge in [-0.3, -0.25) is 29.4 Å². The van der Waals surface area contributed by atoms with Crippen LogP contribution in [0, 0.1) is 10.1 Å². The van der Waals surface area contributed by atoms with Crippen LogP contribution in [0.5, 0.6) is 11.5 Å². The molecule has 0 saturated carbocycles. The maximum Gasteiger partial charge on any atom is 0.270 e. The number of non-ortho nitro benzene ring substituents is 1. The minimum Gasteiger partial charge on any atom is -0.495 e. The molecule has 0 N–H and O–H groups in total. The van der Waals surface area contributed by atoms with E-state index in [0.717, 1.165) is 17.0 Å². The molecule has 2 atom stereocenters. The molecule has 0 aliphatic carbocycles. The van der Waals surface area contributed by atoms with Gasteiger partial charge in [-0.2, -0.15) is 0 Å². The molecule has 0 aromatic heterocycles. The Morgan fingerprint density at radius 2 is 1.62 bits per heavy atom. The van der Waals surface area contributed by atoms with E-state index in [1.54, 1.807) is 42.5 Å². The average Bonchev–Trinajstić information content (AvgIpc) is 3.13. The van der Waals surface area contributed by atoms with E-state index in [4.69, 9.17) is 21.1 Å². The number of hydrogen-bond acceptors (Lipinski definition) is 7. The minimum atomic E-state index is -1.16. The molecule has 5 rings (SSSR count). The first-order chi connectivity index (χ1) is 17.8. The van der Waals surface area contributed by atoms with Gasteiger partial charge in [0.25, 0.3) is 23.4 Å². The normalized spacial score (nSPS) is 18.5. The molecule has 2 aliphatic rings. The molecule has 0 spiro atoms. The maximum atomic E-state index is 13.6. The first-order valence-electron chi connectivity index (χ1n) is 11.3. The quantitative estimate of drug-likeness (QED) is 0.195. The van der Waals surface area contributed by atoms with Crippen molar-refractivity contribution in [2.75, 3.05) is 18.6 Å². The average molecular weight is 522 g/mol. The number of hydrogen-bond donors (Lipinski definition) is 0. The lowest BCUT2D eigenvalue weighted by Gasteiger charge is -2.49. The Labute approximate surface area is 216 Å². The van der Waals surface area contributed by atoms with E-state index < -0.39 is 34.7 Å². The molecule has 3 amide bonds. The third-order valence-corrected chi connectivity index (χ3v) is 6.70. The van der Waals surface area contributed by atoms with E-state index in [1.807, 2.05) is 6.92 Å². The Morgan fingerprint density at radius 3 is 2.24 bits per heavy atom. The summed E-state index contributed by atoms with van der Waals surface area (Å²) in [5, 5.41) is 11.5. The number of methoxy groups -OCH3 is 1. The third kappa shape index (κ3) is 3.86. The van der Waals surface area contributed by atoms with Crippen LogP contribution in [0.3, 0.4) is 0 Å². The number of nitro benzene ring substituents is 1. The van der Waals surface area contributed by atoms with E-state index in [9.17, 15) is 24.5 Å². The number of ether oxygens (including phenoxy) is 2. The van der Waals surface area contributed by atoms with Gasteiger partial charge >= 0.3 is 0 Å². The zero-order valence-electron chi connectivity index (χ0n) is 19.7. The van der Waals surface area contributed by atoms with Crippen molar-refractivity contribution < 1.29 is 28.8 Å². The highest BCUT2D eigenvalue weighted by atomic mass is 35.5. The summed E-state index contributed by atoms with van der Waals surface area (Å²) < 4.78 is 10.7. The molecule has 3 aromatic rings. The number of halogens is 1. The summed E-state index contributed by atoms with van der Waals surface area (Å²) in [5.41, 5.74) is 0.697. The first-order valence-corrected chi connectivity index (χ1v) is 11.7. The Balaban J connectivity index is 1.56. The molecule has 37 heavy (non-hydrogen) atoms. The van der Waals surface area contributed by atoms with Gasteiger partial charge in [-0.15, -0.1) is 0 Å². The van der Waals surface area contributed by atoms with Gasteiger partial charge in [-0.05, 0) is 48.9 Å². The number of β-lactam (4-membered cyclic amide) rings is 1. The largest absolute Gasteiger partial charge is 0.495 e. The number of amides is 3. The second kappa shape index (κ2) is 9.21. The van der Waals surface area contributed by atoms with Crippen LogP contribution in [0.15, 0.2) is 60.7 Å². The van der Waals surface area contributed by atoms with Crippen LogP contribution in [0.2, 0.25) is 5.02 Å². The SMILES string of the molecule is CCOc1ccc(C2C(N3C(=O)c4ccc([N+](=O)[O-])cc4C3=O)C(=O)N2c2ccc(OC)c(Cl)c2)cc1. The molecule has 0 radical (unpaired) electrons. The van der Waals surface area contributed by atoms with Crippen LogP contribution in [-0.4, -0.2) is 47.3 Å². The zero-order chi connectivity index (χ0) is 26.4. The van der Waals surface area contributed by atoms with E-state index in [1.165, 1.54) is 18.1 Å². The van der Waals surface area contributed by atoms with Crippen LogP contribution >= 0.6 is 11.6 Å². The van der Waals surface area contributed by atoms with Crippen LogP contribution in [-0.2, 0) is 4.79 Å². The Morgan fingerprint density at radius 1 is 0.919 bits per heavy atom. The fourth-order valence-corrected chi connectivity index (χ4v) is 4.94. The summed E-state index contributed by atoms with van der Waals surface area (Å²) in [6.45, 7) is 2.33. The van der Waals surface area contributed by atoms with Crippen molar-refractivity contribution in [1.29, 1.82) is 0 Å². The highest BCUT2D eigenvalue weighted by Gasteiger charge is 2.57. The number of nitro groups is 1. The summed E-state index contributed by atoms with van der Waals surface area (Å²) in [6, 6.07) is 13.4. The number of carbonyl (C=O) groups excluding carboxylic acids is 3. The lowest BCUT2D eigenvalue weighted by molar-refractivity contribution is -0.384. The molecule has 2 unspecified atom stereocenters. The number of benzene rings is 3. The molecule has 188 valence electrons. The minimum absolute atomic E-state index is 0.0137. The molecule has 3 aromatic carbocycles. The van der Waals surface area contributed by atoms with E-state index in [-0.39, 0.29) is 21.8 Å². The Kier molecular flexibility index (Phi) is 6.04. The van der Waals surface area contributed by atoms with Gasteiger partial charge in [0.2, 0.25) is 0 Å². The fourth-order valence-electron chi connectivity index (χ4n) is 4.69. The van der Waals surface area contributed by atoms with Crippen molar-refractivity contribution >= 4 is 40.7 Å². The number of fused-ring (bicyclic) bond motifs is 1. The molecule has 2 aliphatic heterocycles. The van der Waals surface area contributed by atoms with Gasteiger partial charge < -0.3 is 14.4 Å². The molecular weight excluding hydrogens is 502 g/mol. The fraction of sp³-hybridized carbons (Fsp3) is 0.192. The van der Waals surface area contributed by atoms with Gasteiger partial charge in [-0.25, -0.2) is 0 Å². The van der Waals surface area contributed by atoms with Crippen LogP contribution < -0.4 is 14.4 Å². The molecule has 11 heteroatoms. The predicted octanol–water partition coefficient (Wildman–Crippen LogP) is 4.41. The van der Waals surface area contributed by atoms with Gasteiger partial charge in [0, 0.05) is 17.8 Å². The molecule has 10 nitrogen and oxygen atoms in total. The smallest absolute Gasteiger partial charge is 0.270 e. The topological polar surface area (TPSA) is 119 Å². The van der Waals surface area contributed by atoms with Crippen molar-refractivity contribution in [1.82, 2.24) is 4.90 Å². The zero-order valence-corrected chi connectivity index (χ0v) is 20.5. The summed E-state index contributed by atoms with van der Waals surface area (Å²) in [7, 11) is 1.47. The number of imide groups is 1. The predicted molar refractivity (Wildman–Crippen MR) is 133 cm³/mol. The Hall–Kier alpha value is -4.44. The van der Waals surface area contributed by atoms with Gasteiger partial charge in [0.1, 0.15) is 17.5 Å². The second-order valence-corrected chi connectivity index (χ2v) is 8.79. The van der Waals surface area contributed by atoms with Crippen LogP contribution in [0.4, 0.5) is 11.4 Å². The lowest BCUT2D eigenvalue weighted by atomic mass is 9.86. The third-order valence-electron chi connectivity index (χ3n) is 6.40. The van der Waals surface area contributed by atoms with E-state index in [2.05, 4.69) is 0 Å². The van der Waals surface area contributed by atoms with Crippen LogP contribution in [0.25, 0.3) is 0 Å². The van der Waals surface area contributed by atoms with Crippen molar-refractivity contribution in [2.45, 2.75) is 19.0 Å². The maximum absolute atomic E-state index is 13.6. The van der Waals surface area contributed by atoms with Gasteiger partial charge in [0.05, 0.1) is 40.8 Å². The summed E-state index contributed by atoms with van der Waals surface area (Å²) in [6.07, 6.45) is 0. The number of nitrogens with zero attached hydrogens (tertiary/aromatic N) is 3. The van der Waals surface area contributed by atoms with Crippen molar-refractivity contribution in [3.8, 4) is 11.5 Å². The molecule has 2 heterocycles. The molecule has 1 fully saturated rings. The van der Waals surface area contributed by atoms with Crippen molar-refractivity contribution in [2.24, 2.45) is 0 Å². The Bertz CT molecular complexity index is 1460. The van der Waals surface area contributed by atoms with Crippen molar-refractivity contribution in [3.63, 3.8) is 0 Å². The van der Waals surface area contributed by atoms with Gasteiger partial charge in [0.15, 0.2) is 0 Å². The highest BCUT2D eigenvalue weighted by molar-refractivity contribution is 6.32. The summed E-state index contributed by atoms with van der Waals surface area (Å²) >= 11 is 6.31. The number of carbonyl (C=O) groups is 3. The monoisotopic (exact) mass is 521 g/mol. The first kappa shape index (κ1) is 24.3.